The third-order valence-electron chi connectivity index (χ3n) is 5.73. The summed E-state index contributed by atoms with van der Waals surface area (Å²) in [6.45, 7) is 4.16. The van der Waals surface area contributed by atoms with Crippen molar-refractivity contribution in [3.05, 3.63) is 36.1 Å². The first kappa shape index (κ1) is 20.9. The molecule has 0 saturated carbocycles. The van der Waals surface area contributed by atoms with Crippen molar-refractivity contribution in [2.45, 2.75) is 19.8 Å². The van der Waals surface area contributed by atoms with Gasteiger partial charge in [-0.1, -0.05) is 13.8 Å². The molecule has 0 fully saturated rings. The fourth-order valence-corrected chi connectivity index (χ4v) is 4.10. The van der Waals surface area contributed by atoms with Crippen molar-refractivity contribution in [2.75, 3.05) is 26.8 Å². The summed E-state index contributed by atoms with van der Waals surface area (Å²) >= 11 is 0. The SMILES string of the molecule is COc1cc2oc3c(NN)nnc(-c4ccc5oc(C(C)C)cc5c4OC)c3c2cc1OC. The van der Waals surface area contributed by atoms with Gasteiger partial charge in [-0.2, -0.15) is 0 Å². The van der Waals surface area contributed by atoms with Crippen LogP contribution in [-0.4, -0.2) is 31.5 Å². The lowest BCUT2D eigenvalue weighted by Crippen LogP contribution is -2.10. The zero-order valence-electron chi connectivity index (χ0n) is 19.0. The number of fused-ring (bicyclic) bond motifs is 4. The molecule has 0 aliphatic rings. The number of hydrogen-bond acceptors (Lipinski definition) is 9. The van der Waals surface area contributed by atoms with Crippen LogP contribution < -0.4 is 25.5 Å². The molecule has 9 heteroatoms. The van der Waals surface area contributed by atoms with Crippen LogP contribution in [0.25, 0.3) is 44.2 Å². The smallest absolute Gasteiger partial charge is 0.206 e. The summed E-state index contributed by atoms with van der Waals surface area (Å²) in [5, 5.41) is 11.1. The van der Waals surface area contributed by atoms with E-state index in [0.717, 1.165) is 33.1 Å². The fraction of sp³-hybridized carbons (Fsp3) is 0.250. The van der Waals surface area contributed by atoms with Crippen LogP contribution in [0.2, 0.25) is 0 Å². The van der Waals surface area contributed by atoms with Gasteiger partial charge in [0.25, 0.3) is 0 Å². The minimum Gasteiger partial charge on any atom is -0.495 e. The van der Waals surface area contributed by atoms with Crippen LogP contribution >= 0.6 is 0 Å². The van der Waals surface area contributed by atoms with Crippen molar-refractivity contribution >= 4 is 38.7 Å². The molecule has 0 amide bonds. The summed E-state index contributed by atoms with van der Waals surface area (Å²) in [5.74, 6) is 8.89. The minimum atomic E-state index is 0.243. The number of nitrogens with zero attached hydrogens (tertiary/aromatic N) is 2. The molecule has 0 aliphatic heterocycles. The Morgan fingerprint density at radius 3 is 2.30 bits per heavy atom. The molecule has 3 aromatic heterocycles. The minimum absolute atomic E-state index is 0.243. The molecular formula is C24H24N4O5. The van der Waals surface area contributed by atoms with Gasteiger partial charge in [0.05, 0.1) is 32.1 Å². The first-order chi connectivity index (χ1) is 16.0. The molecule has 0 saturated heterocycles. The van der Waals surface area contributed by atoms with Gasteiger partial charge in [0, 0.05) is 22.9 Å². The van der Waals surface area contributed by atoms with Gasteiger partial charge in [-0.25, -0.2) is 5.84 Å². The predicted octanol–water partition coefficient (Wildman–Crippen LogP) is 5.22. The largest absolute Gasteiger partial charge is 0.495 e. The van der Waals surface area contributed by atoms with E-state index in [9.17, 15) is 0 Å². The Morgan fingerprint density at radius 2 is 1.64 bits per heavy atom. The molecule has 3 N–H and O–H groups in total. The summed E-state index contributed by atoms with van der Waals surface area (Å²) in [7, 11) is 4.79. The van der Waals surface area contributed by atoms with E-state index in [4.69, 9.17) is 28.9 Å². The number of benzene rings is 2. The van der Waals surface area contributed by atoms with Gasteiger partial charge < -0.3 is 28.5 Å². The van der Waals surface area contributed by atoms with Crippen LogP contribution in [0, 0.1) is 0 Å². The molecule has 170 valence electrons. The molecule has 0 aliphatic carbocycles. The van der Waals surface area contributed by atoms with Crippen LogP contribution in [0.3, 0.4) is 0 Å². The van der Waals surface area contributed by atoms with Crippen LogP contribution in [0.4, 0.5) is 5.82 Å². The Bertz CT molecular complexity index is 1500. The average molecular weight is 448 g/mol. The summed E-state index contributed by atoms with van der Waals surface area (Å²) in [6.07, 6.45) is 0. The topological polar surface area (TPSA) is 118 Å². The first-order valence-electron chi connectivity index (χ1n) is 10.4. The van der Waals surface area contributed by atoms with Gasteiger partial charge in [-0.15, -0.1) is 10.2 Å². The quantitative estimate of drug-likeness (QED) is 0.266. The fourth-order valence-electron chi connectivity index (χ4n) is 4.10. The number of nitrogens with one attached hydrogen (secondary N) is 1. The van der Waals surface area contributed by atoms with Crippen molar-refractivity contribution < 1.29 is 23.0 Å². The third-order valence-corrected chi connectivity index (χ3v) is 5.73. The van der Waals surface area contributed by atoms with Crippen LogP contribution in [0.1, 0.15) is 25.5 Å². The molecule has 33 heavy (non-hydrogen) atoms. The number of ether oxygens (including phenoxy) is 3. The van der Waals surface area contributed by atoms with Crippen molar-refractivity contribution in [2.24, 2.45) is 5.84 Å². The van der Waals surface area contributed by atoms with E-state index >= 15 is 0 Å². The molecule has 2 aromatic carbocycles. The van der Waals surface area contributed by atoms with Gasteiger partial charge in [0.15, 0.2) is 17.1 Å². The van der Waals surface area contributed by atoms with Crippen molar-refractivity contribution in [3.8, 4) is 28.5 Å². The lowest BCUT2D eigenvalue weighted by Gasteiger charge is -2.11. The number of hydrogen-bond donors (Lipinski definition) is 2. The lowest BCUT2D eigenvalue weighted by atomic mass is 10.0. The highest BCUT2D eigenvalue weighted by atomic mass is 16.5. The first-order valence-corrected chi connectivity index (χ1v) is 10.4. The van der Waals surface area contributed by atoms with E-state index in [-0.39, 0.29) is 5.92 Å². The van der Waals surface area contributed by atoms with E-state index in [1.54, 1.807) is 27.4 Å². The molecule has 0 spiro atoms. The lowest BCUT2D eigenvalue weighted by molar-refractivity contribution is 0.355. The maximum Gasteiger partial charge on any atom is 0.206 e. The Balaban J connectivity index is 1.87. The second kappa shape index (κ2) is 7.86. The normalized spacial score (nSPS) is 11.6. The highest BCUT2D eigenvalue weighted by Crippen LogP contribution is 2.45. The van der Waals surface area contributed by atoms with Gasteiger partial charge in [-0.05, 0) is 24.3 Å². The third kappa shape index (κ3) is 3.12. The summed E-state index contributed by atoms with van der Waals surface area (Å²) < 4.78 is 28.9. The number of furan rings is 2. The summed E-state index contributed by atoms with van der Waals surface area (Å²) in [4.78, 5) is 0. The molecule has 5 aromatic rings. The number of rotatable bonds is 6. The van der Waals surface area contributed by atoms with Gasteiger partial charge in [0.1, 0.15) is 28.4 Å². The number of hydrazine groups is 1. The Hall–Kier alpha value is -3.98. The van der Waals surface area contributed by atoms with Gasteiger partial charge >= 0.3 is 0 Å². The molecule has 0 unspecified atom stereocenters. The van der Waals surface area contributed by atoms with Gasteiger partial charge in [-0.3, -0.25) is 0 Å². The highest BCUT2D eigenvalue weighted by molar-refractivity contribution is 6.15. The number of anilines is 1. The number of nitrogens with two attached hydrogens (primary N) is 1. The van der Waals surface area contributed by atoms with Crippen LogP contribution in [-0.2, 0) is 0 Å². The van der Waals surface area contributed by atoms with E-state index in [0.29, 0.717) is 39.9 Å². The van der Waals surface area contributed by atoms with E-state index in [2.05, 4.69) is 29.5 Å². The number of methoxy groups -OCH3 is 3. The number of nitrogen functional groups attached to an aromatic ring is 1. The molecule has 9 nitrogen and oxygen atoms in total. The molecule has 0 radical (unpaired) electrons. The maximum absolute atomic E-state index is 6.14. The summed E-state index contributed by atoms with van der Waals surface area (Å²) in [6, 6.07) is 9.44. The Morgan fingerprint density at radius 1 is 0.879 bits per heavy atom. The second-order valence-electron chi connectivity index (χ2n) is 7.91. The molecule has 5 rings (SSSR count). The van der Waals surface area contributed by atoms with Crippen molar-refractivity contribution in [3.63, 3.8) is 0 Å². The Kier molecular flexibility index (Phi) is 4.98. The van der Waals surface area contributed by atoms with E-state index in [1.807, 2.05) is 24.3 Å². The zero-order valence-corrected chi connectivity index (χ0v) is 19.0. The second-order valence-corrected chi connectivity index (χ2v) is 7.91. The standard InChI is InChI=1S/C24H24N4O5/c1-11(2)16-9-14-15(32-16)7-6-12(22(14)31-5)21-20-13-8-18(29-3)19(30-4)10-17(13)33-23(20)24(26-25)28-27-21/h6-11H,25H2,1-5H3,(H,26,28). The summed E-state index contributed by atoms with van der Waals surface area (Å²) in [5.41, 5.74) is 5.69. The van der Waals surface area contributed by atoms with E-state index in [1.165, 1.54) is 0 Å². The van der Waals surface area contributed by atoms with Crippen molar-refractivity contribution in [1.82, 2.24) is 10.2 Å². The van der Waals surface area contributed by atoms with Crippen LogP contribution in [0.5, 0.6) is 17.2 Å². The highest BCUT2D eigenvalue weighted by Gasteiger charge is 2.24. The van der Waals surface area contributed by atoms with Gasteiger partial charge in [0.2, 0.25) is 5.82 Å². The van der Waals surface area contributed by atoms with Crippen molar-refractivity contribution in [1.29, 1.82) is 0 Å². The molecular weight excluding hydrogens is 424 g/mol. The number of aromatic nitrogens is 2. The Labute approximate surface area is 189 Å². The molecule has 3 heterocycles. The monoisotopic (exact) mass is 448 g/mol. The molecule has 0 bridgehead atoms. The van der Waals surface area contributed by atoms with E-state index < -0.39 is 0 Å². The van der Waals surface area contributed by atoms with Crippen LogP contribution in [0.15, 0.2) is 39.2 Å². The zero-order chi connectivity index (χ0) is 23.3. The predicted molar refractivity (Wildman–Crippen MR) is 126 cm³/mol. The molecule has 0 atom stereocenters. The maximum atomic E-state index is 6.14. The average Bonchev–Trinajstić information content (AvgIpc) is 3.43.